The van der Waals surface area contributed by atoms with Gasteiger partial charge < -0.3 is 14.7 Å². The van der Waals surface area contributed by atoms with Gasteiger partial charge in [-0.2, -0.15) is 0 Å². The topological polar surface area (TPSA) is 66.8 Å². The third kappa shape index (κ3) is 5.25. The van der Waals surface area contributed by atoms with Gasteiger partial charge in [0.15, 0.2) is 0 Å². The van der Waals surface area contributed by atoms with Crippen molar-refractivity contribution in [1.29, 1.82) is 0 Å². The predicted molar refractivity (Wildman–Crippen MR) is 70.9 cm³/mol. The van der Waals surface area contributed by atoms with Gasteiger partial charge in [0.2, 0.25) is 5.91 Å². The van der Waals surface area contributed by atoms with Crippen LogP contribution in [0.25, 0.3) is 0 Å². The highest BCUT2D eigenvalue weighted by molar-refractivity contribution is 5.93. The van der Waals surface area contributed by atoms with E-state index in [0.29, 0.717) is 13.2 Å². The van der Waals surface area contributed by atoms with Crippen LogP contribution in [0, 0.1) is 0 Å². The van der Waals surface area contributed by atoms with Crippen molar-refractivity contribution in [2.24, 2.45) is 0 Å². The number of carbonyl (C=O) groups is 2. The summed E-state index contributed by atoms with van der Waals surface area (Å²) in [4.78, 5) is 23.3. The maximum absolute atomic E-state index is 11.6. The van der Waals surface area contributed by atoms with E-state index >= 15 is 0 Å². The molecule has 1 amide bonds. The second-order valence-corrected chi connectivity index (χ2v) is 3.94. The molecule has 0 aliphatic carbocycles. The zero-order valence-electron chi connectivity index (χ0n) is 11.0. The number of ether oxygens (including phenoxy) is 1. The molecule has 1 aromatic rings. The van der Waals surface area contributed by atoms with Gasteiger partial charge in [0.05, 0.1) is 6.61 Å². The number of likely N-dealkylation sites (N-methyl/N-ethyl adjacent to an activating group) is 1. The number of carboxylic acid groups (broad SMARTS) is 1. The Balaban J connectivity index is 2.58. The normalized spacial score (nSPS) is 10.4. The highest BCUT2D eigenvalue weighted by Crippen LogP contribution is 2.13. The molecule has 102 valence electrons. The van der Waals surface area contributed by atoms with E-state index in [2.05, 4.69) is 0 Å². The number of nitrogens with zero attached hydrogens (tertiary/aromatic N) is 1. The molecule has 1 N–H and O–H groups in total. The molecule has 0 aliphatic heterocycles. The minimum atomic E-state index is -1.14. The molecule has 0 spiro atoms. The highest BCUT2D eigenvalue weighted by Gasteiger charge is 2.06. The number of aliphatic carboxylic acids is 1. The predicted octanol–water partition coefficient (Wildman–Crippen LogP) is 1.68. The maximum Gasteiger partial charge on any atom is 0.328 e. The van der Waals surface area contributed by atoms with Crippen LogP contribution >= 0.6 is 0 Å². The molecule has 5 heteroatoms. The van der Waals surface area contributed by atoms with Crippen molar-refractivity contribution in [1.82, 2.24) is 4.90 Å². The van der Waals surface area contributed by atoms with Crippen LogP contribution in [-0.4, -0.2) is 35.5 Å². The first kappa shape index (κ1) is 14.8. The Hall–Kier alpha value is -2.30. The van der Waals surface area contributed by atoms with Crippen LogP contribution in [-0.2, 0) is 16.1 Å². The second-order valence-electron chi connectivity index (χ2n) is 3.94. The fourth-order valence-corrected chi connectivity index (χ4v) is 1.48. The molecule has 1 aromatic carbocycles. The molecule has 0 aromatic heterocycles. The minimum absolute atomic E-state index is 0.351. The molecule has 0 saturated carbocycles. The van der Waals surface area contributed by atoms with Crippen LogP contribution in [0.5, 0.6) is 5.75 Å². The third-order valence-electron chi connectivity index (χ3n) is 2.40. The molecule has 19 heavy (non-hydrogen) atoms. The molecule has 0 unspecified atom stereocenters. The van der Waals surface area contributed by atoms with Gasteiger partial charge in [0, 0.05) is 25.7 Å². The summed E-state index contributed by atoms with van der Waals surface area (Å²) in [6.45, 7) is 2.93. The number of carboxylic acids is 1. The van der Waals surface area contributed by atoms with E-state index in [0.717, 1.165) is 23.5 Å². The van der Waals surface area contributed by atoms with E-state index in [1.165, 1.54) is 4.90 Å². The van der Waals surface area contributed by atoms with Gasteiger partial charge >= 0.3 is 5.97 Å². The first-order chi connectivity index (χ1) is 9.02. The minimum Gasteiger partial charge on any atom is -0.494 e. The van der Waals surface area contributed by atoms with E-state index in [4.69, 9.17) is 9.84 Å². The number of carbonyl (C=O) groups excluding carboxylic acids is 1. The van der Waals surface area contributed by atoms with Crippen LogP contribution in [0.1, 0.15) is 12.5 Å². The van der Waals surface area contributed by atoms with Gasteiger partial charge in [-0.3, -0.25) is 4.79 Å². The van der Waals surface area contributed by atoms with Crippen molar-refractivity contribution < 1.29 is 19.4 Å². The van der Waals surface area contributed by atoms with Gasteiger partial charge in [-0.15, -0.1) is 0 Å². The van der Waals surface area contributed by atoms with Crippen LogP contribution in [0.15, 0.2) is 36.4 Å². The largest absolute Gasteiger partial charge is 0.494 e. The standard InChI is InChI=1S/C14H17NO4/c1-3-19-12-6-4-11(5-7-12)10-15(2)13(16)8-9-14(17)18/h4-9H,3,10H2,1-2H3,(H,17,18)/b9-8+. The van der Waals surface area contributed by atoms with Crippen molar-refractivity contribution in [3.05, 3.63) is 42.0 Å². The summed E-state index contributed by atoms with van der Waals surface area (Å²) in [7, 11) is 1.62. The Morgan fingerprint density at radius 2 is 1.89 bits per heavy atom. The van der Waals surface area contributed by atoms with Crippen LogP contribution in [0.2, 0.25) is 0 Å². The number of benzene rings is 1. The Labute approximate surface area is 112 Å². The first-order valence-electron chi connectivity index (χ1n) is 5.90. The summed E-state index contributed by atoms with van der Waals surface area (Å²) in [5, 5.41) is 8.44. The lowest BCUT2D eigenvalue weighted by atomic mass is 10.2. The number of amides is 1. The van der Waals surface area contributed by atoms with E-state index in [-0.39, 0.29) is 5.91 Å². The molecule has 0 aliphatic rings. The molecule has 0 atom stereocenters. The van der Waals surface area contributed by atoms with Gasteiger partial charge in [0.1, 0.15) is 5.75 Å². The molecule has 1 rings (SSSR count). The van der Waals surface area contributed by atoms with Crippen LogP contribution in [0.3, 0.4) is 0 Å². The molecule has 0 heterocycles. The van der Waals surface area contributed by atoms with Crippen LogP contribution < -0.4 is 4.74 Å². The van der Waals surface area contributed by atoms with Crippen molar-refractivity contribution in [3.63, 3.8) is 0 Å². The zero-order valence-corrected chi connectivity index (χ0v) is 11.0. The van der Waals surface area contributed by atoms with E-state index in [1.807, 2.05) is 31.2 Å². The van der Waals surface area contributed by atoms with Gasteiger partial charge in [-0.25, -0.2) is 4.79 Å². The molecule has 0 fully saturated rings. The quantitative estimate of drug-likeness (QED) is 0.793. The lowest BCUT2D eigenvalue weighted by Gasteiger charge is -2.15. The summed E-state index contributed by atoms with van der Waals surface area (Å²) in [5.41, 5.74) is 0.947. The van der Waals surface area contributed by atoms with Crippen molar-refractivity contribution >= 4 is 11.9 Å². The highest BCUT2D eigenvalue weighted by atomic mass is 16.5. The Bertz CT molecular complexity index is 465. The summed E-state index contributed by atoms with van der Waals surface area (Å²) < 4.78 is 5.32. The lowest BCUT2D eigenvalue weighted by Crippen LogP contribution is -2.24. The van der Waals surface area contributed by atoms with E-state index in [1.54, 1.807) is 7.05 Å². The maximum atomic E-state index is 11.6. The van der Waals surface area contributed by atoms with Gasteiger partial charge in [0.25, 0.3) is 0 Å². The zero-order chi connectivity index (χ0) is 14.3. The second kappa shape index (κ2) is 7.20. The fourth-order valence-electron chi connectivity index (χ4n) is 1.48. The molecular weight excluding hydrogens is 246 g/mol. The summed E-state index contributed by atoms with van der Waals surface area (Å²) in [5.74, 6) is -0.704. The third-order valence-corrected chi connectivity index (χ3v) is 2.40. The van der Waals surface area contributed by atoms with Crippen molar-refractivity contribution in [2.75, 3.05) is 13.7 Å². The lowest BCUT2D eigenvalue weighted by molar-refractivity contribution is -0.132. The molecule has 0 bridgehead atoms. The molecule has 0 saturated heterocycles. The fraction of sp³-hybridized carbons (Fsp3) is 0.286. The van der Waals surface area contributed by atoms with E-state index < -0.39 is 5.97 Å². The summed E-state index contributed by atoms with van der Waals surface area (Å²) >= 11 is 0. The van der Waals surface area contributed by atoms with Gasteiger partial charge in [-0.1, -0.05) is 12.1 Å². The monoisotopic (exact) mass is 263 g/mol. The van der Waals surface area contributed by atoms with Crippen molar-refractivity contribution in [2.45, 2.75) is 13.5 Å². The molecule has 5 nitrogen and oxygen atoms in total. The van der Waals surface area contributed by atoms with Gasteiger partial charge in [-0.05, 0) is 24.6 Å². The SMILES string of the molecule is CCOc1ccc(CN(C)C(=O)/C=C/C(=O)O)cc1. The average Bonchev–Trinajstić information content (AvgIpc) is 2.38. The average molecular weight is 263 g/mol. The van der Waals surface area contributed by atoms with Crippen molar-refractivity contribution in [3.8, 4) is 5.75 Å². The summed E-state index contributed by atoms with van der Waals surface area (Å²) in [6.07, 6.45) is 1.87. The number of rotatable bonds is 6. The first-order valence-corrected chi connectivity index (χ1v) is 5.90. The Morgan fingerprint density at radius 3 is 2.42 bits per heavy atom. The number of hydrogen-bond donors (Lipinski definition) is 1. The van der Waals surface area contributed by atoms with E-state index in [9.17, 15) is 9.59 Å². The molecule has 0 radical (unpaired) electrons. The Morgan fingerprint density at radius 1 is 1.26 bits per heavy atom. The number of hydrogen-bond acceptors (Lipinski definition) is 3. The molecular formula is C14H17NO4. The van der Waals surface area contributed by atoms with Crippen LogP contribution in [0.4, 0.5) is 0 Å². The Kier molecular flexibility index (Phi) is 5.60. The summed E-state index contributed by atoms with van der Waals surface area (Å²) in [6, 6.07) is 7.42. The smallest absolute Gasteiger partial charge is 0.328 e.